The maximum Gasteiger partial charge on any atom is 0.221 e. The summed E-state index contributed by atoms with van der Waals surface area (Å²) in [6.45, 7) is 0.511. The van der Waals surface area contributed by atoms with Gasteiger partial charge in [-0.05, 0) is 23.8 Å². The topological polar surface area (TPSA) is 66.0 Å². The van der Waals surface area contributed by atoms with Crippen LogP contribution in [-0.2, 0) is 6.61 Å². The predicted octanol–water partition coefficient (Wildman–Crippen LogP) is 3.58. The summed E-state index contributed by atoms with van der Waals surface area (Å²) in [6, 6.07) is 20.0. The molecule has 0 aliphatic rings. The van der Waals surface area contributed by atoms with Crippen LogP contribution in [0.5, 0.6) is 5.75 Å². The van der Waals surface area contributed by atoms with Crippen molar-refractivity contribution in [3.8, 4) is 11.6 Å². The SMILES string of the molecule is Nc1nccc(-n2ccc3cccc(OCc4ccccc4)c32)n1. The van der Waals surface area contributed by atoms with E-state index in [0.29, 0.717) is 12.4 Å². The van der Waals surface area contributed by atoms with Gasteiger partial charge in [-0.3, -0.25) is 4.57 Å². The maximum atomic E-state index is 6.06. The molecule has 0 spiro atoms. The summed E-state index contributed by atoms with van der Waals surface area (Å²) in [7, 11) is 0. The molecule has 2 aromatic carbocycles. The highest BCUT2D eigenvalue weighted by molar-refractivity contribution is 5.87. The fourth-order valence-corrected chi connectivity index (χ4v) is 2.70. The van der Waals surface area contributed by atoms with Crippen molar-refractivity contribution < 1.29 is 4.74 Å². The summed E-state index contributed by atoms with van der Waals surface area (Å²) in [5.74, 6) is 1.77. The van der Waals surface area contributed by atoms with E-state index >= 15 is 0 Å². The highest BCUT2D eigenvalue weighted by Gasteiger charge is 2.10. The van der Waals surface area contributed by atoms with Crippen LogP contribution in [0.1, 0.15) is 5.56 Å². The normalized spacial score (nSPS) is 10.8. The number of fused-ring (bicyclic) bond motifs is 1. The Morgan fingerprint density at radius 1 is 0.958 bits per heavy atom. The van der Waals surface area contributed by atoms with Gasteiger partial charge in [-0.25, -0.2) is 4.98 Å². The van der Waals surface area contributed by atoms with E-state index in [-0.39, 0.29) is 5.95 Å². The Morgan fingerprint density at radius 2 is 1.83 bits per heavy atom. The molecule has 24 heavy (non-hydrogen) atoms. The lowest BCUT2D eigenvalue weighted by Crippen LogP contribution is -2.02. The second-order valence-corrected chi connectivity index (χ2v) is 5.43. The minimum Gasteiger partial charge on any atom is -0.487 e. The molecule has 0 saturated heterocycles. The molecule has 0 aliphatic carbocycles. The summed E-state index contributed by atoms with van der Waals surface area (Å²) in [5, 5.41) is 1.08. The molecule has 4 aromatic rings. The minimum absolute atomic E-state index is 0.247. The van der Waals surface area contributed by atoms with Gasteiger partial charge >= 0.3 is 0 Å². The number of nitrogen functional groups attached to an aromatic ring is 1. The third-order valence-corrected chi connectivity index (χ3v) is 3.82. The van der Waals surface area contributed by atoms with Gasteiger partial charge in [0.15, 0.2) is 0 Å². The van der Waals surface area contributed by atoms with E-state index in [4.69, 9.17) is 10.5 Å². The van der Waals surface area contributed by atoms with Gasteiger partial charge in [0.1, 0.15) is 18.2 Å². The Balaban J connectivity index is 1.74. The van der Waals surface area contributed by atoms with Crippen molar-refractivity contribution in [2.24, 2.45) is 0 Å². The Hall–Kier alpha value is -3.34. The van der Waals surface area contributed by atoms with Crippen LogP contribution in [0.4, 0.5) is 5.95 Å². The van der Waals surface area contributed by atoms with Crippen molar-refractivity contribution in [2.75, 3.05) is 5.73 Å². The Morgan fingerprint density at radius 3 is 2.67 bits per heavy atom. The first-order valence-corrected chi connectivity index (χ1v) is 7.67. The van der Waals surface area contributed by atoms with Crippen molar-refractivity contribution in [3.63, 3.8) is 0 Å². The van der Waals surface area contributed by atoms with Gasteiger partial charge in [0, 0.05) is 17.8 Å². The molecular formula is C19H16N4O. The first-order chi connectivity index (χ1) is 11.8. The van der Waals surface area contributed by atoms with Gasteiger partial charge in [-0.1, -0.05) is 42.5 Å². The summed E-state index contributed by atoms with van der Waals surface area (Å²) in [5.41, 5.74) is 7.80. The second-order valence-electron chi connectivity index (χ2n) is 5.43. The fraction of sp³-hybridized carbons (Fsp3) is 0.0526. The van der Waals surface area contributed by atoms with E-state index in [1.807, 2.05) is 71.4 Å². The highest BCUT2D eigenvalue weighted by atomic mass is 16.5. The average molecular weight is 316 g/mol. The van der Waals surface area contributed by atoms with Crippen LogP contribution in [0.25, 0.3) is 16.7 Å². The van der Waals surface area contributed by atoms with E-state index in [0.717, 1.165) is 22.2 Å². The number of ether oxygens (including phenoxy) is 1. The number of aromatic nitrogens is 3. The number of benzene rings is 2. The van der Waals surface area contributed by atoms with Crippen LogP contribution in [0.15, 0.2) is 73.1 Å². The number of hydrogen-bond donors (Lipinski definition) is 1. The Labute approximate surface area is 139 Å². The molecule has 2 N–H and O–H groups in total. The molecule has 2 heterocycles. The lowest BCUT2D eigenvalue weighted by atomic mass is 10.2. The van der Waals surface area contributed by atoms with E-state index in [2.05, 4.69) is 9.97 Å². The molecule has 0 amide bonds. The van der Waals surface area contributed by atoms with E-state index in [9.17, 15) is 0 Å². The van der Waals surface area contributed by atoms with Crippen molar-refractivity contribution in [2.45, 2.75) is 6.61 Å². The Bertz CT molecular complexity index is 979. The molecule has 0 radical (unpaired) electrons. The van der Waals surface area contributed by atoms with Crippen LogP contribution >= 0.6 is 0 Å². The number of anilines is 1. The molecular weight excluding hydrogens is 300 g/mol. The molecule has 118 valence electrons. The van der Waals surface area contributed by atoms with Gasteiger partial charge in [-0.2, -0.15) is 4.98 Å². The number of nitrogens with zero attached hydrogens (tertiary/aromatic N) is 3. The fourth-order valence-electron chi connectivity index (χ4n) is 2.70. The molecule has 2 aromatic heterocycles. The maximum absolute atomic E-state index is 6.06. The van der Waals surface area contributed by atoms with Crippen molar-refractivity contribution in [1.82, 2.24) is 14.5 Å². The lowest BCUT2D eigenvalue weighted by Gasteiger charge is -2.11. The standard InChI is InChI=1S/C19H16N4O/c20-19-21-11-9-17(22-19)23-12-10-15-7-4-8-16(18(15)23)24-13-14-5-2-1-3-6-14/h1-12H,13H2,(H2,20,21,22). The first-order valence-electron chi connectivity index (χ1n) is 7.67. The molecule has 4 rings (SSSR count). The first kappa shape index (κ1) is 14.3. The third kappa shape index (κ3) is 2.67. The van der Waals surface area contributed by atoms with Crippen molar-refractivity contribution in [1.29, 1.82) is 0 Å². The number of para-hydroxylation sites is 1. The van der Waals surface area contributed by atoms with E-state index in [1.54, 1.807) is 6.20 Å². The molecule has 0 bridgehead atoms. The molecule has 0 unspecified atom stereocenters. The molecule has 0 saturated carbocycles. The van der Waals surface area contributed by atoms with Crippen LogP contribution in [0, 0.1) is 0 Å². The van der Waals surface area contributed by atoms with Gasteiger partial charge in [-0.15, -0.1) is 0 Å². The van der Waals surface area contributed by atoms with Gasteiger partial charge < -0.3 is 10.5 Å². The van der Waals surface area contributed by atoms with Crippen molar-refractivity contribution in [3.05, 3.63) is 78.6 Å². The van der Waals surface area contributed by atoms with Gasteiger partial charge in [0.2, 0.25) is 5.95 Å². The largest absolute Gasteiger partial charge is 0.487 e. The smallest absolute Gasteiger partial charge is 0.221 e. The second kappa shape index (κ2) is 6.04. The quantitative estimate of drug-likeness (QED) is 0.625. The monoisotopic (exact) mass is 316 g/mol. The summed E-state index contributed by atoms with van der Waals surface area (Å²) in [4.78, 5) is 8.25. The molecule has 0 atom stereocenters. The van der Waals surface area contributed by atoms with Crippen LogP contribution in [-0.4, -0.2) is 14.5 Å². The summed E-state index contributed by atoms with van der Waals surface area (Å²) >= 11 is 0. The number of hydrogen-bond acceptors (Lipinski definition) is 4. The zero-order valence-corrected chi connectivity index (χ0v) is 13.0. The summed E-state index contributed by atoms with van der Waals surface area (Å²) < 4.78 is 8.03. The van der Waals surface area contributed by atoms with Crippen LogP contribution in [0.2, 0.25) is 0 Å². The summed E-state index contributed by atoms with van der Waals surface area (Å²) in [6.07, 6.45) is 3.61. The van der Waals surface area contributed by atoms with E-state index in [1.165, 1.54) is 0 Å². The zero-order chi connectivity index (χ0) is 16.4. The van der Waals surface area contributed by atoms with E-state index < -0.39 is 0 Å². The Kier molecular flexibility index (Phi) is 3.59. The minimum atomic E-state index is 0.247. The third-order valence-electron chi connectivity index (χ3n) is 3.82. The predicted molar refractivity (Wildman–Crippen MR) is 94.1 cm³/mol. The molecule has 0 aliphatic heterocycles. The lowest BCUT2D eigenvalue weighted by molar-refractivity contribution is 0.309. The zero-order valence-electron chi connectivity index (χ0n) is 13.0. The molecule has 0 fully saturated rings. The highest BCUT2D eigenvalue weighted by Crippen LogP contribution is 2.29. The van der Waals surface area contributed by atoms with Gasteiger partial charge in [0.05, 0.1) is 5.52 Å². The van der Waals surface area contributed by atoms with Crippen LogP contribution in [0.3, 0.4) is 0 Å². The van der Waals surface area contributed by atoms with Crippen LogP contribution < -0.4 is 10.5 Å². The number of nitrogens with two attached hydrogens (primary N) is 1. The average Bonchev–Trinajstić information content (AvgIpc) is 3.05. The molecule has 5 heteroatoms. The number of rotatable bonds is 4. The molecule has 5 nitrogen and oxygen atoms in total. The van der Waals surface area contributed by atoms with Gasteiger partial charge in [0.25, 0.3) is 0 Å². The van der Waals surface area contributed by atoms with Crippen molar-refractivity contribution >= 4 is 16.9 Å².